The van der Waals surface area contributed by atoms with Crippen LogP contribution in [0, 0.1) is 0 Å². The Hall–Kier alpha value is -2.33. The lowest BCUT2D eigenvalue weighted by molar-refractivity contribution is -0.144. The minimum absolute atomic E-state index is 0.204. The Bertz CT molecular complexity index is 900. The van der Waals surface area contributed by atoms with Crippen LogP contribution in [0.4, 0.5) is 0 Å². The topological polar surface area (TPSA) is 44.1 Å². The molecule has 0 N–H and O–H groups in total. The summed E-state index contributed by atoms with van der Waals surface area (Å²) < 4.78 is 7.21. The minimum Gasteiger partial charge on any atom is -0.466 e. The summed E-state index contributed by atoms with van der Waals surface area (Å²) in [6, 6.07) is 13.7. The van der Waals surface area contributed by atoms with Gasteiger partial charge in [-0.3, -0.25) is 9.36 Å². The summed E-state index contributed by atoms with van der Waals surface area (Å²) in [5.74, 6) is 0.465. The maximum absolute atomic E-state index is 11.9. The Labute approximate surface area is 152 Å². The number of rotatable bonds is 5. The van der Waals surface area contributed by atoms with Crippen molar-refractivity contribution in [2.24, 2.45) is 0 Å². The highest BCUT2D eigenvalue weighted by Crippen LogP contribution is 2.28. The fourth-order valence-electron chi connectivity index (χ4n) is 2.95. The van der Waals surface area contributed by atoms with Gasteiger partial charge in [0, 0.05) is 12.1 Å². The normalized spacial score (nSPS) is 12.3. The van der Waals surface area contributed by atoms with Crippen LogP contribution in [0.5, 0.6) is 0 Å². The lowest BCUT2D eigenvalue weighted by Crippen LogP contribution is -2.13. The SMILES string of the molecule is CCOC(=O)C(C)c1ccc(-n2c(CC)nc3c(Cl)cccc32)cc1. The molecule has 2 aromatic carbocycles. The maximum atomic E-state index is 11.9. The number of aryl methyl sites for hydroxylation is 1. The van der Waals surface area contributed by atoms with Gasteiger partial charge in [-0.05, 0) is 43.7 Å². The van der Waals surface area contributed by atoms with E-state index in [1.807, 2.05) is 56.3 Å². The first-order valence-electron chi connectivity index (χ1n) is 8.49. The number of ether oxygens (including phenoxy) is 1. The molecular formula is C20H21ClN2O2. The van der Waals surface area contributed by atoms with E-state index in [4.69, 9.17) is 16.3 Å². The van der Waals surface area contributed by atoms with Crippen LogP contribution in [-0.2, 0) is 16.0 Å². The third kappa shape index (κ3) is 3.27. The molecule has 25 heavy (non-hydrogen) atoms. The van der Waals surface area contributed by atoms with E-state index in [0.29, 0.717) is 11.6 Å². The molecule has 1 atom stereocenters. The Morgan fingerprint density at radius 1 is 1.20 bits per heavy atom. The number of halogens is 1. The van der Waals surface area contributed by atoms with Crippen molar-refractivity contribution in [3.05, 3.63) is 58.9 Å². The molecule has 0 spiro atoms. The van der Waals surface area contributed by atoms with Crippen LogP contribution in [-0.4, -0.2) is 22.1 Å². The minimum atomic E-state index is -0.284. The summed E-state index contributed by atoms with van der Waals surface area (Å²) in [5.41, 5.74) is 3.73. The average Bonchev–Trinajstić information content (AvgIpc) is 3.01. The van der Waals surface area contributed by atoms with Crippen molar-refractivity contribution in [1.29, 1.82) is 0 Å². The van der Waals surface area contributed by atoms with Crippen molar-refractivity contribution in [3.63, 3.8) is 0 Å². The molecule has 0 bridgehead atoms. The van der Waals surface area contributed by atoms with Crippen molar-refractivity contribution < 1.29 is 9.53 Å². The summed E-state index contributed by atoms with van der Waals surface area (Å²) in [4.78, 5) is 16.6. The molecule has 0 radical (unpaired) electrons. The van der Waals surface area contributed by atoms with E-state index >= 15 is 0 Å². The zero-order valence-corrected chi connectivity index (χ0v) is 15.4. The number of para-hydroxylation sites is 1. The van der Waals surface area contributed by atoms with Crippen LogP contribution in [0.3, 0.4) is 0 Å². The number of fused-ring (bicyclic) bond motifs is 1. The zero-order chi connectivity index (χ0) is 18.0. The first-order valence-corrected chi connectivity index (χ1v) is 8.87. The number of esters is 1. The van der Waals surface area contributed by atoms with Gasteiger partial charge in [0.25, 0.3) is 0 Å². The number of imidazole rings is 1. The van der Waals surface area contributed by atoms with Crippen LogP contribution in [0.1, 0.15) is 38.1 Å². The first kappa shape index (κ1) is 17.5. The second-order valence-corrected chi connectivity index (χ2v) is 6.30. The van der Waals surface area contributed by atoms with Crippen LogP contribution in [0.15, 0.2) is 42.5 Å². The number of carbonyl (C=O) groups excluding carboxylic acids is 1. The molecule has 0 fully saturated rings. The molecule has 0 saturated heterocycles. The van der Waals surface area contributed by atoms with Gasteiger partial charge in [0.15, 0.2) is 0 Å². The molecule has 130 valence electrons. The number of aromatic nitrogens is 2. The van der Waals surface area contributed by atoms with Crippen LogP contribution >= 0.6 is 11.6 Å². The first-order chi connectivity index (χ1) is 12.1. The van der Waals surface area contributed by atoms with Gasteiger partial charge in [-0.2, -0.15) is 0 Å². The van der Waals surface area contributed by atoms with E-state index in [1.165, 1.54) is 0 Å². The summed E-state index contributed by atoms with van der Waals surface area (Å²) in [5, 5.41) is 0.651. The van der Waals surface area contributed by atoms with Crippen molar-refractivity contribution in [2.75, 3.05) is 6.61 Å². The van der Waals surface area contributed by atoms with Crippen LogP contribution in [0.2, 0.25) is 5.02 Å². The molecule has 4 nitrogen and oxygen atoms in total. The summed E-state index contributed by atoms with van der Waals surface area (Å²) >= 11 is 6.29. The van der Waals surface area contributed by atoms with Gasteiger partial charge in [-0.25, -0.2) is 4.98 Å². The fraction of sp³-hybridized carbons (Fsp3) is 0.300. The second-order valence-electron chi connectivity index (χ2n) is 5.89. The maximum Gasteiger partial charge on any atom is 0.313 e. The van der Waals surface area contributed by atoms with E-state index in [1.54, 1.807) is 0 Å². The molecule has 3 aromatic rings. The van der Waals surface area contributed by atoms with Crippen LogP contribution in [0.25, 0.3) is 16.7 Å². The molecule has 0 amide bonds. The molecule has 0 saturated carbocycles. The molecule has 0 aliphatic heterocycles. The molecule has 1 aromatic heterocycles. The number of hydrogen-bond acceptors (Lipinski definition) is 3. The van der Waals surface area contributed by atoms with E-state index in [-0.39, 0.29) is 11.9 Å². The van der Waals surface area contributed by atoms with E-state index in [2.05, 4.69) is 16.5 Å². The number of hydrogen-bond donors (Lipinski definition) is 0. The van der Waals surface area contributed by atoms with Crippen molar-refractivity contribution in [2.45, 2.75) is 33.1 Å². The van der Waals surface area contributed by atoms with Gasteiger partial charge in [0.1, 0.15) is 11.3 Å². The van der Waals surface area contributed by atoms with E-state index < -0.39 is 0 Å². The number of benzene rings is 2. The monoisotopic (exact) mass is 356 g/mol. The third-order valence-electron chi connectivity index (χ3n) is 4.31. The highest BCUT2D eigenvalue weighted by molar-refractivity contribution is 6.34. The quantitative estimate of drug-likeness (QED) is 0.610. The van der Waals surface area contributed by atoms with Gasteiger partial charge in [-0.1, -0.05) is 36.7 Å². The van der Waals surface area contributed by atoms with Crippen molar-refractivity contribution >= 4 is 28.6 Å². The Morgan fingerprint density at radius 3 is 2.56 bits per heavy atom. The molecular weight excluding hydrogens is 336 g/mol. The smallest absolute Gasteiger partial charge is 0.313 e. The summed E-state index contributed by atoms with van der Waals surface area (Å²) in [6.45, 7) is 6.14. The van der Waals surface area contributed by atoms with Gasteiger partial charge in [-0.15, -0.1) is 0 Å². The zero-order valence-electron chi connectivity index (χ0n) is 14.6. The Balaban J connectivity index is 2.02. The van der Waals surface area contributed by atoms with Crippen molar-refractivity contribution in [3.8, 4) is 5.69 Å². The standard InChI is InChI=1S/C20H21ClN2O2/c1-4-18-22-19-16(21)7-6-8-17(19)23(18)15-11-9-14(10-12-15)13(3)20(24)25-5-2/h6-13H,4-5H2,1-3H3. The molecule has 1 unspecified atom stereocenters. The molecule has 1 heterocycles. The lowest BCUT2D eigenvalue weighted by atomic mass is 10.0. The molecule has 5 heteroatoms. The predicted octanol–water partition coefficient (Wildman–Crippen LogP) is 4.91. The highest BCUT2D eigenvalue weighted by atomic mass is 35.5. The second kappa shape index (κ2) is 7.28. The molecule has 0 aliphatic carbocycles. The highest BCUT2D eigenvalue weighted by Gasteiger charge is 2.17. The van der Waals surface area contributed by atoms with E-state index in [9.17, 15) is 4.79 Å². The van der Waals surface area contributed by atoms with E-state index in [0.717, 1.165) is 34.5 Å². The van der Waals surface area contributed by atoms with Gasteiger partial charge in [0.2, 0.25) is 0 Å². The molecule has 3 rings (SSSR count). The number of nitrogens with zero attached hydrogens (tertiary/aromatic N) is 2. The fourth-order valence-corrected chi connectivity index (χ4v) is 3.17. The Kier molecular flexibility index (Phi) is 5.09. The number of carbonyl (C=O) groups is 1. The lowest BCUT2D eigenvalue weighted by Gasteiger charge is -2.13. The third-order valence-corrected chi connectivity index (χ3v) is 4.62. The van der Waals surface area contributed by atoms with Crippen LogP contribution < -0.4 is 0 Å². The van der Waals surface area contributed by atoms with Crippen molar-refractivity contribution in [1.82, 2.24) is 9.55 Å². The largest absolute Gasteiger partial charge is 0.466 e. The predicted molar refractivity (Wildman–Crippen MR) is 101 cm³/mol. The summed E-state index contributed by atoms with van der Waals surface area (Å²) in [7, 11) is 0. The molecule has 0 aliphatic rings. The van der Waals surface area contributed by atoms with Gasteiger partial charge < -0.3 is 4.74 Å². The average molecular weight is 357 g/mol. The summed E-state index contributed by atoms with van der Waals surface area (Å²) in [6.07, 6.45) is 0.798. The Morgan fingerprint density at radius 2 is 1.92 bits per heavy atom. The van der Waals surface area contributed by atoms with Gasteiger partial charge in [0.05, 0.1) is 23.1 Å². The van der Waals surface area contributed by atoms with Gasteiger partial charge >= 0.3 is 5.97 Å².